The van der Waals surface area contributed by atoms with E-state index in [2.05, 4.69) is 27.6 Å². The fourth-order valence-electron chi connectivity index (χ4n) is 2.63. The van der Waals surface area contributed by atoms with Crippen LogP contribution in [-0.2, 0) is 11.3 Å². The van der Waals surface area contributed by atoms with Crippen molar-refractivity contribution in [3.05, 3.63) is 28.5 Å². The van der Waals surface area contributed by atoms with Crippen LogP contribution in [0.4, 0.5) is 10.5 Å². The number of aryl methyl sites for hydroxylation is 1. The lowest BCUT2D eigenvalue weighted by Crippen LogP contribution is -2.31. The Kier molecular flexibility index (Phi) is 5.47. The number of amides is 2. The maximum atomic E-state index is 12.0. The summed E-state index contributed by atoms with van der Waals surface area (Å²) in [7, 11) is 0. The molecule has 3 heterocycles. The van der Waals surface area contributed by atoms with Gasteiger partial charge in [-0.2, -0.15) is 5.10 Å². The van der Waals surface area contributed by atoms with Gasteiger partial charge in [-0.3, -0.25) is 4.68 Å². The monoisotopic (exact) mass is 349 g/mol. The van der Waals surface area contributed by atoms with Gasteiger partial charge in [-0.25, -0.2) is 9.78 Å². The van der Waals surface area contributed by atoms with Gasteiger partial charge < -0.3 is 15.4 Å². The van der Waals surface area contributed by atoms with Crippen molar-refractivity contribution in [1.29, 1.82) is 0 Å². The Morgan fingerprint density at radius 3 is 3.12 bits per heavy atom. The molecule has 7 nitrogen and oxygen atoms in total. The molecule has 2 N–H and O–H groups in total. The number of hydrogen-bond donors (Lipinski definition) is 2. The molecule has 0 saturated carbocycles. The van der Waals surface area contributed by atoms with Crippen LogP contribution in [0, 0.1) is 6.92 Å². The number of aromatic nitrogens is 3. The summed E-state index contributed by atoms with van der Waals surface area (Å²) in [5, 5.41) is 11.0. The number of hydrogen-bond acceptors (Lipinski definition) is 5. The van der Waals surface area contributed by atoms with Crippen molar-refractivity contribution in [2.45, 2.75) is 45.3 Å². The van der Waals surface area contributed by atoms with Crippen molar-refractivity contribution in [1.82, 2.24) is 20.1 Å². The van der Waals surface area contributed by atoms with E-state index in [1.807, 2.05) is 24.0 Å². The highest BCUT2D eigenvalue weighted by atomic mass is 32.1. The fourth-order valence-corrected chi connectivity index (χ4v) is 3.46. The van der Waals surface area contributed by atoms with E-state index in [1.165, 1.54) is 4.88 Å². The molecular formula is C16H23N5O2S. The quantitative estimate of drug-likeness (QED) is 0.840. The Bertz CT molecular complexity index is 678. The molecule has 2 aromatic rings. The molecule has 24 heavy (non-hydrogen) atoms. The number of anilines is 1. The van der Waals surface area contributed by atoms with Gasteiger partial charge in [-0.15, -0.1) is 11.3 Å². The summed E-state index contributed by atoms with van der Waals surface area (Å²) in [6.45, 7) is 6.18. The van der Waals surface area contributed by atoms with Crippen LogP contribution < -0.4 is 10.6 Å². The molecule has 1 aliphatic heterocycles. The molecule has 0 spiro atoms. The van der Waals surface area contributed by atoms with Crippen LogP contribution in [0.25, 0.3) is 0 Å². The lowest BCUT2D eigenvalue weighted by molar-refractivity contribution is 0.0940. The van der Waals surface area contributed by atoms with Crippen molar-refractivity contribution in [3.63, 3.8) is 0 Å². The van der Waals surface area contributed by atoms with E-state index in [1.54, 1.807) is 17.5 Å². The van der Waals surface area contributed by atoms with E-state index >= 15 is 0 Å². The molecule has 0 aliphatic carbocycles. The Morgan fingerprint density at radius 2 is 2.42 bits per heavy atom. The molecule has 0 radical (unpaired) electrons. The molecule has 0 aromatic carbocycles. The first kappa shape index (κ1) is 16.9. The second-order valence-corrected chi connectivity index (χ2v) is 7.40. The highest BCUT2D eigenvalue weighted by Gasteiger charge is 2.17. The molecule has 2 amide bonds. The molecule has 0 bridgehead atoms. The first-order valence-electron chi connectivity index (χ1n) is 8.21. The zero-order valence-electron chi connectivity index (χ0n) is 14.0. The van der Waals surface area contributed by atoms with Crippen molar-refractivity contribution in [3.8, 4) is 0 Å². The number of rotatable bonds is 6. The van der Waals surface area contributed by atoms with Crippen molar-refractivity contribution < 1.29 is 9.53 Å². The lowest BCUT2D eigenvalue weighted by Gasteiger charge is -2.10. The first-order chi connectivity index (χ1) is 11.6. The zero-order valence-corrected chi connectivity index (χ0v) is 14.8. The van der Waals surface area contributed by atoms with Crippen molar-refractivity contribution >= 4 is 23.1 Å². The molecule has 130 valence electrons. The van der Waals surface area contributed by atoms with E-state index in [0.717, 1.165) is 31.0 Å². The zero-order chi connectivity index (χ0) is 16.9. The number of carbonyl (C=O) groups is 1. The average Bonchev–Trinajstić information content (AvgIpc) is 3.28. The SMILES string of the molecule is Cc1cnc([C@@H](C)CNC(=O)Nc2cnn(C[C@@H]3CCCO3)c2)s1. The number of ether oxygens (including phenoxy) is 1. The maximum absolute atomic E-state index is 12.0. The van der Waals surface area contributed by atoms with E-state index < -0.39 is 0 Å². The van der Waals surface area contributed by atoms with Gasteiger partial charge >= 0.3 is 6.03 Å². The number of nitrogens with zero attached hydrogens (tertiary/aromatic N) is 3. The number of nitrogens with one attached hydrogen (secondary N) is 2. The first-order valence-corrected chi connectivity index (χ1v) is 9.03. The minimum atomic E-state index is -0.230. The normalized spacial score (nSPS) is 18.5. The van der Waals surface area contributed by atoms with Crippen LogP contribution in [0.5, 0.6) is 0 Å². The van der Waals surface area contributed by atoms with Gasteiger partial charge in [0, 0.05) is 36.3 Å². The topological polar surface area (TPSA) is 81.1 Å². The number of thiazole rings is 1. The van der Waals surface area contributed by atoms with Gasteiger partial charge in [0.25, 0.3) is 0 Å². The Morgan fingerprint density at radius 1 is 1.54 bits per heavy atom. The van der Waals surface area contributed by atoms with Gasteiger partial charge in [0.15, 0.2) is 0 Å². The Hall–Kier alpha value is -1.93. The van der Waals surface area contributed by atoms with Gasteiger partial charge in [0.1, 0.15) is 0 Å². The third kappa shape index (κ3) is 4.55. The molecule has 1 fully saturated rings. The predicted octanol–water partition coefficient (Wildman–Crippen LogP) is 2.75. The van der Waals surface area contributed by atoms with Crippen LogP contribution in [0.3, 0.4) is 0 Å². The maximum Gasteiger partial charge on any atom is 0.319 e. The van der Waals surface area contributed by atoms with Gasteiger partial charge in [-0.1, -0.05) is 6.92 Å². The third-order valence-electron chi connectivity index (χ3n) is 3.94. The Labute approximate surface area is 145 Å². The molecule has 2 atom stereocenters. The van der Waals surface area contributed by atoms with Crippen LogP contribution in [-0.4, -0.2) is 40.1 Å². The summed E-state index contributed by atoms with van der Waals surface area (Å²) in [4.78, 5) is 17.5. The van der Waals surface area contributed by atoms with E-state index in [4.69, 9.17) is 4.74 Å². The van der Waals surface area contributed by atoms with E-state index in [9.17, 15) is 4.79 Å². The summed E-state index contributed by atoms with van der Waals surface area (Å²) in [6.07, 6.45) is 7.75. The highest BCUT2D eigenvalue weighted by molar-refractivity contribution is 7.11. The highest BCUT2D eigenvalue weighted by Crippen LogP contribution is 2.20. The second-order valence-electron chi connectivity index (χ2n) is 6.13. The van der Waals surface area contributed by atoms with Crippen LogP contribution in [0.2, 0.25) is 0 Å². The molecular weight excluding hydrogens is 326 g/mol. The summed E-state index contributed by atoms with van der Waals surface area (Å²) >= 11 is 1.66. The average molecular weight is 349 g/mol. The largest absolute Gasteiger partial charge is 0.376 e. The lowest BCUT2D eigenvalue weighted by atomic mass is 10.2. The molecule has 0 unspecified atom stereocenters. The smallest absolute Gasteiger partial charge is 0.319 e. The van der Waals surface area contributed by atoms with Crippen molar-refractivity contribution in [2.24, 2.45) is 0 Å². The van der Waals surface area contributed by atoms with E-state index in [-0.39, 0.29) is 18.1 Å². The number of carbonyl (C=O) groups excluding carboxylic acids is 1. The summed E-state index contributed by atoms with van der Waals surface area (Å²) < 4.78 is 7.40. The number of urea groups is 1. The molecule has 8 heteroatoms. The Balaban J connectivity index is 1.43. The molecule has 2 aromatic heterocycles. The van der Waals surface area contributed by atoms with Gasteiger partial charge in [0.05, 0.1) is 29.5 Å². The fraction of sp³-hybridized carbons (Fsp3) is 0.562. The molecule has 1 aliphatic rings. The van der Waals surface area contributed by atoms with Crippen LogP contribution in [0.15, 0.2) is 18.6 Å². The minimum absolute atomic E-state index is 0.191. The predicted molar refractivity (Wildman–Crippen MR) is 93.5 cm³/mol. The third-order valence-corrected chi connectivity index (χ3v) is 5.08. The molecule has 1 saturated heterocycles. The standard InChI is InChI=1S/C16H23N5O2S/c1-11(15-17-7-12(2)24-15)6-18-16(22)20-13-8-19-21(9-13)10-14-4-3-5-23-14/h7-9,11,14H,3-6,10H2,1-2H3,(H2,18,20,22)/t11-,14-/m0/s1. The summed E-state index contributed by atoms with van der Waals surface area (Å²) in [5.41, 5.74) is 0.684. The van der Waals surface area contributed by atoms with Crippen LogP contribution >= 0.6 is 11.3 Å². The van der Waals surface area contributed by atoms with E-state index in [0.29, 0.717) is 12.2 Å². The summed E-state index contributed by atoms with van der Waals surface area (Å²) in [6, 6.07) is -0.230. The van der Waals surface area contributed by atoms with Gasteiger partial charge in [0.2, 0.25) is 0 Å². The van der Waals surface area contributed by atoms with Crippen LogP contribution in [0.1, 0.15) is 35.6 Å². The van der Waals surface area contributed by atoms with Crippen molar-refractivity contribution in [2.75, 3.05) is 18.5 Å². The minimum Gasteiger partial charge on any atom is -0.376 e. The van der Waals surface area contributed by atoms with Gasteiger partial charge in [-0.05, 0) is 19.8 Å². The molecule has 3 rings (SSSR count). The summed E-state index contributed by atoms with van der Waals surface area (Å²) in [5.74, 6) is 0.191. The second kappa shape index (κ2) is 7.76.